The second-order valence-electron chi connectivity index (χ2n) is 5.05. The van der Waals surface area contributed by atoms with Crippen LogP contribution in [0.1, 0.15) is 29.6 Å². The Morgan fingerprint density at radius 1 is 1.35 bits per heavy atom. The molecule has 0 unspecified atom stereocenters. The number of hydrogen-bond acceptors (Lipinski definition) is 4. The third-order valence-corrected chi connectivity index (χ3v) is 5.86. The fraction of sp³-hybridized carbons (Fsp3) is 0.538. The molecule has 0 spiro atoms. The first kappa shape index (κ1) is 16.1. The molecule has 0 atom stereocenters. The van der Waals surface area contributed by atoms with Gasteiger partial charge in [-0.15, -0.1) is 11.3 Å². The third kappa shape index (κ3) is 4.38. The fourth-order valence-electron chi connectivity index (χ4n) is 2.45. The number of Topliss-reactive ketones (excluding diaryl/α,β-unsaturated/α-hetero) is 1. The van der Waals surface area contributed by atoms with Crippen molar-refractivity contribution in [3.63, 3.8) is 0 Å². The Balaban J connectivity index is 1.85. The van der Waals surface area contributed by atoms with Crippen molar-refractivity contribution in [1.82, 2.24) is 4.90 Å². The van der Waals surface area contributed by atoms with E-state index >= 15 is 0 Å². The average Bonchev–Trinajstić information content (AvgIpc) is 2.70. The van der Waals surface area contributed by atoms with Crippen LogP contribution in [0.4, 0.5) is 0 Å². The molecule has 20 heavy (non-hydrogen) atoms. The zero-order valence-corrected chi connectivity index (χ0v) is 14.9. The lowest BCUT2D eigenvalue weighted by atomic mass is 9.93. The van der Waals surface area contributed by atoms with Gasteiger partial charge in [0.05, 0.1) is 14.1 Å². The first-order valence-corrected chi connectivity index (χ1v) is 8.84. The summed E-state index contributed by atoms with van der Waals surface area (Å²) in [6.07, 6.45) is 2.33. The minimum absolute atomic E-state index is 0.132. The molecule has 110 valence electrons. The van der Waals surface area contributed by atoms with E-state index in [0.717, 1.165) is 39.1 Å². The van der Waals surface area contributed by atoms with Crippen LogP contribution in [0.3, 0.4) is 0 Å². The Hall–Kier alpha value is -0.240. The van der Waals surface area contributed by atoms with Gasteiger partial charge in [0.25, 0.3) is 0 Å². The highest BCUT2D eigenvalue weighted by atomic mass is 79.9. The summed E-state index contributed by atoms with van der Waals surface area (Å²) < 4.78 is 1.82. The van der Waals surface area contributed by atoms with E-state index in [2.05, 4.69) is 36.8 Å². The number of hydrogen-bond donors (Lipinski definition) is 1. The molecule has 0 saturated carbocycles. The molecule has 0 aliphatic carbocycles. The van der Waals surface area contributed by atoms with Crippen molar-refractivity contribution in [2.75, 3.05) is 19.6 Å². The molecule has 1 amide bonds. The highest BCUT2D eigenvalue weighted by Crippen LogP contribution is 2.32. The molecule has 0 radical (unpaired) electrons. The summed E-state index contributed by atoms with van der Waals surface area (Å²) in [4.78, 5) is 25.3. The normalized spacial score (nSPS) is 17.3. The largest absolute Gasteiger partial charge is 0.370 e. The summed E-state index contributed by atoms with van der Waals surface area (Å²) in [5.74, 6) is 0.277. The van der Waals surface area contributed by atoms with E-state index in [4.69, 9.17) is 5.73 Å². The minimum Gasteiger partial charge on any atom is -0.370 e. The van der Waals surface area contributed by atoms with Crippen LogP contribution in [0.25, 0.3) is 0 Å². The summed E-state index contributed by atoms with van der Waals surface area (Å²) in [7, 11) is 0. The molecule has 1 aliphatic heterocycles. The van der Waals surface area contributed by atoms with Gasteiger partial charge >= 0.3 is 0 Å². The van der Waals surface area contributed by atoms with Gasteiger partial charge in [0.2, 0.25) is 5.91 Å². The Morgan fingerprint density at radius 3 is 2.50 bits per heavy atom. The number of carbonyl (C=O) groups is 2. The van der Waals surface area contributed by atoms with Crippen LogP contribution < -0.4 is 5.73 Å². The zero-order chi connectivity index (χ0) is 14.7. The molecule has 7 heteroatoms. The predicted octanol–water partition coefficient (Wildman–Crippen LogP) is 3.04. The lowest BCUT2D eigenvalue weighted by Crippen LogP contribution is -2.38. The number of ketones is 1. The van der Waals surface area contributed by atoms with E-state index < -0.39 is 0 Å². The van der Waals surface area contributed by atoms with Gasteiger partial charge in [-0.05, 0) is 69.8 Å². The molecule has 2 heterocycles. The number of nitrogens with two attached hydrogens (primary N) is 1. The van der Waals surface area contributed by atoms with Gasteiger partial charge in [0.15, 0.2) is 5.78 Å². The molecule has 1 fully saturated rings. The van der Waals surface area contributed by atoms with Gasteiger partial charge in [-0.25, -0.2) is 0 Å². The molecular weight excluding hydrogens is 408 g/mol. The quantitative estimate of drug-likeness (QED) is 0.740. The molecule has 1 aliphatic rings. The van der Waals surface area contributed by atoms with E-state index in [-0.39, 0.29) is 11.7 Å². The van der Waals surface area contributed by atoms with Crippen LogP contribution in [0.2, 0.25) is 0 Å². The van der Waals surface area contributed by atoms with Crippen LogP contribution in [-0.4, -0.2) is 36.2 Å². The third-order valence-electron chi connectivity index (χ3n) is 3.52. The van der Waals surface area contributed by atoms with Crippen molar-refractivity contribution in [2.45, 2.75) is 19.3 Å². The molecule has 2 rings (SSSR count). The van der Waals surface area contributed by atoms with E-state index in [1.165, 1.54) is 11.3 Å². The number of thiophene rings is 1. The topological polar surface area (TPSA) is 63.4 Å². The lowest BCUT2D eigenvalue weighted by molar-refractivity contribution is -0.119. The summed E-state index contributed by atoms with van der Waals surface area (Å²) in [5, 5.41) is 0. The number of carbonyl (C=O) groups excluding carboxylic acids is 2. The minimum atomic E-state index is -0.230. The number of rotatable bonds is 5. The molecule has 4 nitrogen and oxygen atoms in total. The van der Waals surface area contributed by atoms with Crippen molar-refractivity contribution in [3.05, 3.63) is 19.2 Å². The van der Waals surface area contributed by atoms with E-state index in [0.29, 0.717) is 18.9 Å². The van der Waals surface area contributed by atoms with Crippen LogP contribution in [0.5, 0.6) is 0 Å². The molecule has 0 aromatic carbocycles. The first-order chi connectivity index (χ1) is 9.45. The maximum absolute atomic E-state index is 12.2. The van der Waals surface area contributed by atoms with Crippen LogP contribution in [0, 0.1) is 5.92 Å². The second-order valence-corrected chi connectivity index (χ2v) is 8.80. The van der Waals surface area contributed by atoms with Crippen LogP contribution in [0.15, 0.2) is 13.6 Å². The van der Waals surface area contributed by atoms with Gasteiger partial charge in [-0.3, -0.25) is 14.5 Å². The SMILES string of the molecule is NC(=O)CC1CCN(CC(=O)c2cc(Br)sc2Br)CC1. The molecule has 0 bridgehead atoms. The Kier molecular flexibility index (Phi) is 5.77. The highest BCUT2D eigenvalue weighted by molar-refractivity contribution is 9.12. The smallest absolute Gasteiger partial charge is 0.217 e. The number of halogens is 2. The summed E-state index contributed by atoms with van der Waals surface area (Å²) in [5.41, 5.74) is 5.96. The lowest BCUT2D eigenvalue weighted by Gasteiger charge is -2.30. The molecule has 2 N–H and O–H groups in total. The molecule has 1 aromatic rings. The van der Waals surface area contributed by atoms with Crippen molar-refractivity contribution in [1.29, 1.82) is 0 Å². The Morgan fingerprint density at radius 2 is 2.00 bits per heavy atom. The summed E-state index contributed by atoms with van der Waals surface area (Å²) >= 11 is 8.31. The van der Waals surface area contributed by atoms with Gasteiger partial charge < -0.3 is 5.73 Å². The molecule has 1 aromatic heterocycles. The number of primary amides is 1. The highest BCUT2D eigenvalue weighted by Gasteiger charge is 2.23. The first-order valence-electron chi connectivity index (χ1n) is 6.44. The van der Waals surface area contributed by atoms with E-state index in [1.807, 2.05) is 6.07 Å². The van der Waals surface area contributed by atoms with Crippen LogP contribution >= 0.6 is 43.2 Å². The van der Waals surface area contributed by atoms with Gasteiger partial charge in [-0.2, -0.15) is 0 Å². The fourth-order valence-corrected chi connectivity index (χ4v) is 5.31. The molecule has 1 saturated heterocycles. The Bertz CT molecular complexity index is 510. The monoisotopic (exact) mass is 422 g/mol. The standard InChI is InChI=1S/C13H16Br2N2O2S/c14-11-6-9(13(15)20-11)10(18)7-17-3-1-8(2-4-17)5-12(16)19/h6,8H,1-5,7H2,(H2,16,19). The number of nitrogens with zero attached hydrogens (tertiary/aromatic N) is 1. The van der Waals surface area contributed by atoms with Gasteiger partial charge in [0, 0.05) is 12.0 Å². The predicted molar refractivity (Wildman–Crippen MR) is 87.0 cm³/mol. The number of piperidine rings is 1. The van der Waals surface area contributed by atoms with Crippen molar-refractivity contribution < 1.29 is 9.59 Å². The summed E-state index contributed by atoms with van der Waals surface area (Å²) in [6, 6.07) is 1.86. The van der Waals surface area contributed by atoms with Crippen LogP contribution in [-0.2, 0) is 4.79 Å². The number of amides is 1. The zero-order valence-electron chi connectivity index (χ0n) is 10.9. The maximum Gasteiger partial charge on any atom is 0.217 e. The molecular formula is C13H16Br2N2O2S. The number of likely N-dealkylation sites (tertiary alicyclic amines) is 1. The van der Waals surface area contributed by atoms with Crippen molar-refractivity contribution in [2.24, 2.45) is 11.7 Å². The van der Waals surface area contributed by atoms with Gasteiger partial charge in [0.1, 0.15) is 0 Å². The van der Waals surface area contributed by atoms with Crippen molar-refractivity contribution in [3.8, 4) is 0 Å². The second kappa shape index (κ2) is 7.15. The van der Waals surface area contributed by atoms with Gasteiger partial charge in [-0.1, -0.05) is 0 Å². The van der Waals surface area contributed by atoms with E-state index in [9.17, 15) is 9.59 Å². The van der Waals surface area contributed by atoms with E-state index in [1.54, 1.807) is 0 Å². The maximum atomic E-state index is 12.2. The Labute approximate surface area is 139 Å². The summed E-state index contributed by atoms with van der Waals surface area (Å²) in [6.45, 7) is 2.14. The average molecular weight is 424 g/mol. The van der Waals surface area contributed by atoms with Crippen molar-refractivity contribution >= 4 is 54.9 Å².